The molecule has 0 fully saturated rings. The van der Waals surface area contributed by atoms with Crippen LogP contribution < -0.4 is 5.32 Å². The molecular formula is C22H13Cl2FN2OS. The zero-order chi connectivity index (χ0) is 20.4. The molecule has 3 aromatic carbocycles. The van der Waals surface area contributed by atoms with Crippen LogP contribution in [0.15, 0.2) is 72.1 Å². The fourth-order valence-corrected chi connectivity index (χ4v) is 4.18. The van der Waals surface area contributed by atoms with Gasteiger partial charge in [-0.05, 0) is 36.4 Å². The molecule has 1 heterocycles. The molecule has 0 unspecified atom stereocenters. The Morgan fingerprint density at radius 1 is 0.966 bits per heavy atom. The molecule has 3 nitrogen and oxygen atoms in total. The molecule has 7 heteroatoms. The molecule has 29 heavy (non-hydrogen) atoms. The number of anilines is 1. The number of thiazole rings is 1. The molecule has 1 aromatic heterocycles. The van der Waals surface area contributed by atoms with Gasteiger partial charge in [-0.1, -0.05) is 53.5 Å². The maximum atomic E-state index is 14.1. The normalized spacial score (nSPS) is 10.7. The number of amides is 1. The van der Waals surface area contributed by atoms with Gasteiger partial charge in [0, 0.05) is 21.5 Å². The Morgan fingerprint density at radius 2 is 1.69 bits per heavy atom. The summed E-state index contributed by atoms with van der Waals surface area (Å²) in [6, 6.07) is 18.5. The number of carbonyl (C=O) groups excluding carboxylic acids is 1. The third-order valence-electron chi connectivity index (χ3n) is 4.24. The lowest BCUT2D eigenvalue weighted by Gasteiger charge is -2.10. The molecule has 1 N–H and O–H groups in total. The second kappa shape index (κ2) is 8.33. The van der Waals surface area contributed by atoms with Gasteiger partial charge in [0.1, 0.15) is 10.8 Å². The summed E-state index contributed by atoms with van der Waals surface area (Å²) >= 11 is 13.4. The Bertz CT molecular complexity index is 1210. The highest BCUT2D eigenvalue weighted by Crippen LogP contribution is 2.34. The molecule has 144 valence electrons. The minimum atomic E-state index is -0.358. The Hall–Kier alpha value is -2.73. The van der Waals surface area contributed by atoms with Crippen molar-refractivity contribution in [1.29, 1.82) is 0 Å². The maximum Gasteiger partial charge on any atom is 0.257 e. The van der Waals surface area contributed by atoms with Crippen LogP contribution in [0.2, 0.25) is 10.0 Å². The average molecular weight is 443 g/mol. The van der Waals surface area contributed by atoms with E-state index in [2.05, 4.69) is 10.3 Å². The van der Waals surface area contributed by atoms with Gasteiger partial charge in [0.25, 0.3) is 5.91 Å². The van der Waals surface area contributed by atoms with Crippen LogP contribution in [0.5, 0.6) is 0 Å². The summed E-state index contributed by atoms with van der Waals surface area (Å²) in [4.78, 5) is 17.3. The van der Waals surface area contributed by atoms with Gasteiger partial charge in [0.2, 0.25) is 0 Å². The lowest BCUT2D eigenvalue weighted by atomic mass is 10.1. The maximum absolute atomic E-state index is 14.1. The molecule has 0 bridgehead atoms. The van der Waals surface area contributed by atoms with Crippen molar-refractivity contribution in [3.63, 3.8) is 0 Å². The molecular weight excluding hydrogens is 430 g/mol. The summed E-state index contributed by atoms with van der Waals surface area (Å²) in [6.07, 6.45) is 0. The number of hydrogen-bond donors (Lipinski definition) is 1. The standard InChI is InChI=1S/C22H13Cl2FN2OS/c23-13-9-10-14(17(24)11-13)21(28)26-19-8-4-2-6-16(19)20-12-29-22(27-20)15-5-1-3-7-18(15)25/h1-12H,(H,26,28). The van der Waals surface area contributed by atoms with Crippen molar-refractivity contribution >= 4 is 46.1 Å². The first-order valence-corrected chi connectivity index (χ1v) is 10.2. The summed E-state index contributed by atoms with van der Waals surface area (Å²) in [5.41, 5.74) is 2.71. The van der Waals surface area contributed by atoms with Gasteiger partial charge in [0.15, 0.2) is 0 Å². The fourth-order valence-electron chi connectivity index (χ4n) is 2.83. The third kappa shape index (κ3) is 4.17. The predicted molar refractivity (Wildman–Crippen MR) is 117 cm³/mol. The van der Waals surface area contributed by atoms with E-state index in [4.69, 9.17) is 23.2 Å². The first-order valence-electron chi connectivity index (χ1n) is 8.59. The van der Waals surface area contributed by atoms with E-state index >= 15 is 0 Å². The van der Waals surface area contributed by atoms with Crippen LogP contribution in [0, 0.1) is 5.82 Å². The molecule has 0 spiro atoms. The number of nitrogens with one attached hydrogen (secondary N) is 1. The minimum absolute atomic E-state index is 0.267. The van der Waals surface area contributed by atoms with Crippen LogP contribution in [0.4, 0.5) is 10.1 Å². The van der Waals surface area contributed by atoms with E-state index in [-0.39, 0.29) is 16.7 Å². The van der Waals surface area contributed by atoms with E-state index < -0.39 is 0 Å². The number of carbonyl (C=O) groups is 1. The summed E-state index contributed by atoms with van der Waals surface area (Å²) in [6.45, 7) is 0. The SMILES string of the molecule is O=C(Nc1ccccc1-c1csc(-c2ccccc2F)n1)c1ccc(Cl)cc1Cl. The second-order valence-corrected chi connectivity index (χ2v) is 7.84. The van der Waals surface area contributed by atoms with Gasteiger partial charge in [-0.3, -0.25) is 4.79 Å². The first kappa shape index (κ1) is 19.6. The second-order valence-electron chi connectivity index (χ2n) is 6.14. The van der Waals surface area contributed by atoms with Gasteiger partial charge in [0.05, 0.1) is 22.0 Å². The van der Waals surface area contributed by atoms with Crippen LogP contribution in [0.3, 0.4) is 0 Å². The van der Waals surface area contributed by atoms with E-state index in [1.807, 2.05) is 23.6 Å². The number of benzene rings is 3. The number of nitrogens with zero attached hydrogens (tertiary/aromatic N) is 1. The Balaban J connectivity index is 1.66. The molecule has 0 radical (unpaired) electrons. The van der Waals surface area contributed by atoms with Crippen molar-refractivity contribution in [2.45, 2.75) is 0 Å². The highest BCUT2D eigenvalue weighted by atomic mass is 35.5. The number of halogens is 3. The Morgan fingerprint density at radius 3 is 2.45 bits per heavy atom. The predicted octanol–water partition coefficient (Wildman–Crippen LogP) is 7.18. The van der Waals surface area contributed by atoms with Crippen LogP contribution in [-0.2, 0) is 0 Å². The number of para-hydroxylation sites is 1. The quantitative estimate of drug-likeness (QED) is 0.363. The van der Waals surface area contributed by atoms with E-state index in [1.54, 1.807) is 36.4 Å². The number of aromatic nitrogens is 1. The van der Waals surface area contributed by atoms with Gasteiger partial charge < -0.3 is 5.32 Å². The number of hydrogen-bond acceptors (Lipinski definition) is 3. The third-order valence-corrected chi connectivity index (χ3v) is 5.66. The van der Waals surface area contributed by atoms with Gasteiger partial charge >= 0.3 is 0 Å². The smallest absolute Gasteiger partial charge is 0.257 e. The van der Waals surface area contributed by atoms with E-state index in [1.165, 1.54) is 23.5 Å². The Kier molecular flexibility index (Phi) is 5.62. The summed E-state index contributed by atoms with van der Waals surface area (Å²) < 4.78 is 14.1. The van der Waals surface area contributed by atoms with E-state index in [0.717, 1.165) is 5.56 Å². The van der Waals surface area contributed by atoms with Crippen molar-refractivity contribution in [2.75, 3.05) is 5.32 Å². The molecule has 0 saturated carbocycles. The van der Waals surface area contributed by atoms with Gasteiger partial charge in [-0.15, -0.1) is 11.3 Å². The Labute approximate surface area is 180 Å². The fraction of sp³-hybridized carbons (Fsp3) is 0. The minimum Gasteiger partial charge on any atom is -0.321 e. The summed E-state index contributed by atoms with van der Waals surface area (Å²) in [5.74, 6) is -0.684. The lowest BCUT2D eigenvalue weighted by molar-refractivity contribution is 0.102. The molecule has 0 aliphatic heterocycles. The lowest BCUT2D eigenvalue weighted by Crippen LogP contribution is -2.13. The van der Waals surface area contributed by atoms with Crippen LogP contribution >= 0.6 is 34.5 Å². The van der Waals surface area contributed by atoms with Gasteiger partial charge in [-0.25, -0.2) is 9.37 Å². The number of rotatable bonds is 4. The highest BCUT2D eigenvalue weighted by Gasteiger charge is 2.16. The molecule has 0 saturated heterocycles. The molecule has 0 aliphatic rings. The molecule has 0 aliphatic carbocycles. The first-order chi connectivity index (χ1) is 14.0. The van der Waals surface area contributed by atoms with Crippen molar-refractivity contribution < 1.29 is 9.18 Å². The average Bonchev–Trinajstić information content (AvgIpc) is 3.18. The van der Waals surface area contributed by atoms with Crippen LogP contribution in [0.25, 0.3) is 21.8 Å². The molecule has 0 atom stereocenters. The molecule has 1 amide bonds. The van der Waals surface area contributed by atoms with Gasteiger partial charge in [-0.2, -0.15) is 0 Å². The van der Waals surface area contributed by atoms with Crippen LogP contribution in [0.1, 0.15) is 10.4 Å². The van der Waals surface area contributed by atoms with E-state index in [9.17, 15) is 9.18 Å². The molecule has 4 aromatic rings. The highest BCUT2D eigenvalue weighted by molar-refractivity contribution is 7.13. The van der Waals surface area contributed by atoms with Crippen molar-refractivity contribution in [1.82, 2.24) is 4.98 Å². The summed E-state index contributed by atoms with van der Waals surface area (Å²) in [7, 11) is 0. The van der Waals surface area contributed by atoms with Crippen molar-refractivity contribution in [3.8, 4) is 21.8 Å². The topological polar surface area (TPSA) is 42.0 Å². The van der Waals surface area contributed by atoms with E-state index in [0.29, 0.717) is 32.5 Å². The van der Waals surface area contributed by atoms with Crippen molar-refractivity contribution in [2.24, 2.45) is 0 Å². The molecule has 4 rings (SSSR count). The zero-order valence-electron chi connectivity index (χ0n) is 14.8. The summed E-state index contributed by atoms with van der Waals surface area (Å²) in [5, 5.41) is 6.00. The van der Waals surface area contributed by atoms with Crippen LogP contribution in [-0.4, -0.2) is 10.9 Å². The van der Waals surface area contributed by atoms with Crippen molar-refractivity contribution in [3.05, 3.63) is 93.5 Å². The monoisotopic (exact) mass is 442 g/mol. The zero-order valence-corrected chi connectivity index (χ0v) is 17.2. The largest absolute Gasteiger partial charge is 0.321 e.